The average Bonchev–Trinajstić information content (AvgIpc) is 2.76. The fraction of sp³-hybridized carbons (Fsp3) is 0.542. The summed E-state index contributed by atoms with van der Waals surface area (Å²) in [5.41, 5.74) is 2.61. The molecule has 7 heteroatoms. The van der Waals surface area contributed by atoms with E-state index in [0.717, 1.165) is 19.4 Å². The number of benzene rings is 1. The summed E-state index contributed by atoms with van der Waals surface area (Å²) in [5, 5.41) is 0. The molecule has 0 aromatic heterocycles. The number of hydrogen-bond acceptors (Lipinski definition) is 7. The highest BCUT2D eigenvalue weighted by molar-refractivity contribution is 5.79. The number of ether oxygens (including phenoxy) is 1. The molecule has 2 aliphatic heterocycles. The lowest BCUT2D eigenvalue weighted by molar-refractivity contribution is -0.148. The predicted octanol–water partition coefficient (Wildman–Crippen LogP) is 2.09. The van der Waals surface area contributed by atoms with Crippen molar-refractivity contribution in [1.82, 2.24) is 0 Å². The molecule has 31 heavy (non-hydrogen) atoms. The molecule has 2 atom stereocenters. The van der Waals surface area contributed by atoms with Gasteiger partial charge in [0.1, 0.15) is 11.4 Å². The summed E-state index contributed by atoms with van der Waals surface area (Å²) >= 11 is 0. The van der Waals surface area contributed by atoms with Crippen LogP contribution in [0.5, 0.6) is 0 Å². The van der Waals surface area contributed by atoms with Gasteiger partial charge in [-0.05, 0) is 51.3 Å². The molecule has 2 aromatic rings. The van der Waals surface area contributed by atoms with Gasteiger partial charge in [-0.25, -0.2) is 0 Å². The largest absolute Gasteiger partial charge is 0.466 e. The van der Waals surface area contributed by atoms with Crippen LogP contribution in [0.25, 0.3) is 0 Å². The van der Waals surface area contributed by atoms with Gasteiger partial charge in [0.2, 0.25) is 0 Å². The van der Waals surface area contributed by atoms with Crippen LogP contribution in [-0.4, -0.2) is 51.3 Å². The standard InChI is InChI=1S/C24H31N3O4/c1-4-31-24(30)18-8-6-10-25(15-18)20-21(23(29)22(20)28)26-11-12-27(17(3)14-26)19-9-5-7-16(2)13-19/h5,7,9,13,17-18H,4,6,8,10-12,14-15H2,1-3H3. The first-order valence-corrected chi connectivity index (χ1v) is 11.2. The van der Waals surface area contributed by atoms with Crippen LogP contribution in [0.2, 0.25) is 0 Å². The van der Waals surface area contributed by atoms with Gasteiger partial charge in [0.25, 0.3) is 10.9 Å². The van der Waals surface area contributed by atoms with Gasteiger partial charge in [-0.1, -0.05) is 12.1 Å². The molecule has 4 rings (SSSR count). The second-order valence-corrected chi connectivity index (χ2v) is 8.72. The number of piperazine rings is 1. The van der Waals surface area contributed by atoms with Crippen molar-refractivity contribution < 1.29 is 9.53 Å². The summed E-state index contributed by atoms with van der Waals surface area (Å²) in [4.78, 5) is 43.6. The van der Waals surface area contributed by atoms with Crippen molar-refractivity contribution in [1.29, 1.82) is 0 Å². The molecule has 2 aliphatic rings. The van der Waals surface area contributed by atoms with Crippen LogP contribution in [-0.2, 0) is 9.53 Å². The molecule has 0 bridgehead atoms. The zero-order valence-corrected chi connectivity index (χ0v) is 18.6. The van der Waals surface area contributed by atoms with Gasteiger partial charge in [0.15, 0.2) is 0 Å². The Hall–Kier alpha value is -2.83. The molecule has 2 saturated heterocycles. The van der Waals surface area contributed by atoms with E-state index in [1.165, 1.54) is 11.3 Å². The van der Waals surface area contributed by atoms with Gasteiger partial charge in [0.05, 0.1) is 12.5 Å². The van der Waals surface area contributed by atoms with Crippen molar-refractivity contribution in [2.75, 3.05) is 54.0 Å². The molecule has 0 amide bonds. The van der Waals surface area contributed by atoms with E-state index < -0.39 is 10.9 Å². The summed E-state index contributed by atoms with van der Waals surface area (Å²) in [5.74, 6) is -0.462. The lowest BCUT2D eigenvalue weighted by atomic mass is 9.96. The average molecular weight is 426 g/mol. The Bertz CT molecular complexity index is 1030. The molecule has 2 fully saturated rings. The highest BCUT2D eigenvalue weighted by atomic mass is 16.5. The molecule has 0 spiro atoms. The topological polar surface area (TPSA) is 70.2 Å². The van der Waals surface area contributed by atoms with E-state index >= 15 is 0 Å². The van der Waals surface area contributed by atoms with Crippen molar-refractivity contribution in [3.63, 3.8) is 0 Å². The van der Waals surface area contributed by atoms with Crippen molar-refractivity contribution in [3.05, 3.63) is 50.3 Å². The summed E-state index contributed by atoms with van der Waals surface area (Å²) in [6, 6.07) is 8.65. The van der Waals surface area contributed by atoms with Crippen LogP contribution < -0.4 is 25.6 Å². The highest BCUT2D eigenvalue weighted by Crippen LogP contribution is 2.31. The van der Waals surface area contributed by atoms with E-state index in [1.54, 1.807) is 6.92 Å². The Morgan fingerprint density at radius 1 is 1.06 bits per heavy atom. The Balaban J connectivity index is 1.51. The molecule has 0 radical (unpaired) electrons. The lowest BCUT2D eigenvalue weighted by Crippen LogP contribution is -2.57. The van der Waals surface area contributed by atoms with E-state index in [-0.39, 0.29) is 17.9 Å². The number of carbonyl (C=O) groups is 1. The van der Waals surface area contributed by atoms with Crippen molar-refractivity contribution in [2.45, 2.75) is 39.7 Å². The van der Waals surface area contributed by atoms with Crippen molar-refractivity contribution >= 4 is 23.0 Å². The predicted molar refractivity (Wildman–Crippen MR) is 123 cm³/mol. The summed E-state index contributed by atoms with van der Waals surface area (Å²) < 4.78 is 5.18. The number of carbonyl (C=O) groups excluding carboxylic acids is 1. The maximum absolute atomic E-state index is 12.6. The molecule has 2 heterocycles. The number of esters is 1. The Morgan fingerprint density at radius 3 is 2.42 bits per heavy atom. The van der Waals surface area contributed by atoms with Crippen LogP contribution in [0.3, 0.4) is 0 Å². The van der Waals surface area contributed by atoms with Crippen LogP contribution in [0, 0.1) is 12.8 Å². The molecule has 7 nitrogen and oxygen atoms in total. The van der Waals surface area contributed by atoms with Crippen LogP contribution in [0.15, 0.2) is 33.9 Å². The van der Waals surface area contributed by atoms with E-state index in [0.29, 0.717) is 44.2 Å². The molecule has 2 unspecified atom stereocenters. The first-order chi connectivity index (χ1) is 14.9. The molecular weight excluding hydrogens is 394 g/mol. The zero-order valence-electron chi connectivity index (χ0n) is 18.6. The van der Waals surface area contributed by atoms with Crippen LogP contribution in [0.4, 0.5) is 17.1 Å². The first kappa shape index (κ1) is 21.4. The van der Waals surface area contributed by atoms with E-state index in [4.69, 9.17) is 4.74 Å². The van der Waals surface area contributed by atoms with Gasteiger partial charge in [-0.2, -0.15) is 0 Å². The first-order valence-electron chi connectivity index (χ1n) is 11.2. The highest BCUT2D eigenvalue weighted by Gasteiger charge is 2.36. The van der Waals surface area contributed by atoms with Gasteiger partial charge in [0, 0.05) is 44.5 Å². The second kappa shape index (κ2) is 8.73. The molecule has 166 valence electrons. The monoisotopic (exact) mass is 425 g/mol. The minimum absolute atomic E-state index is 0.210. The third-order valence-corrected chi connectivity index (χ3v) is 6.50. The van der Waals surface area contributed by atoms with E-state index in [9.17, 15) is 14.4 Å². The Labute approximate surface area is 182 Å². The van der Waals surface area contributed by atoms with E-state index in [1.807, 2.05) is 4.90 Å². The molecule has 0 N–H and O–H groups in total. The maximum Gasteiger partial charge on any atom is 0.310 e. The maximum atomic E-state index is 12.6. The number of nitrogens with zero attached hydrogens (tertiary/aromatic N) is 3. The number of anilines is 3. The number of aryl methyl sites for hydroxylation is 1. The van der Waals surface area contributed by atoms with Crippen LogP contribution >= 0.6 is 0 Å². The number of rotatable bonds is 5. The minimum atomic E-state index is -0.423. The quantitative estimate of drug-likeness (QED) is 0.537. The van der Waals surface area contributed by atoms with Gasteiger partial charge >= 0.3 is 5.97 Å². The third kappa shape index (κ3) is 4.05. The fourth-order valence-corrected chi connectivity index (χ4v) is 4.94. The fourth-order valence-electron chi connectivity index (χ4n) is 4.94. The number of hydrogen-bond donors (Lipinski definition) is 0. The summed E-state index contributed by atoms with van der Waals surface area (Å²) in [6.07, 6.45) is 1.56. The minimum Gasteiger partial charge on any atom is -0.466 e. The summed E-state index contributed by atoms with van der Waals surface area (Å²) in [7, 11) is 0. The molecule has 2 aromatic carbocycles. The van der Waals surface area contributed by atoms with Gasteiger partial charge in [-0.3, -0.25) is 14.4 Å². The number of piperidine rings is 1. The lowest BCUT2D eigenvalue weighted by Gasteiger charge is -2.44. The molecule has 0 aliphatic carbocycles. The Morgan fingerprint density at radius 2 is 1.77 bits per heavy atom. The second-order valence-electron chi connectivity index (χ2n) is 8.72. The van der Waals surface area contributed by atoms with Crippen molar-refractivity contribution in [3.8, 4) is 0 Å². The zero-order chi connectivity index (χ0) is 22.1. The Kier molecular flexibility index (Phi) is 6.03. The summed E-state index contributed by atoms with van der Waals surface area (Å²) in [6.45, 7) is 9.66. The smallest absolute Gasteiger partial charge is 0.310 e. The van der Waals surface area contributed by atoms with Crippen LogP contribution in [0.1, 0.15) is 32.3 Å². The van der Waals surface area contributed by atoms with Gasteiger partial charge < -0.3 is 19.4 Å². The normalized spacial score (nSPS) is 22.1. The van der Waals surface area contributed by atoms with E-state index in [2.05, 4.69) is 47.9 Å². The van der Waals surface area contributed by atoms with Crippen molar-refractivity contribution in [2.24, 2.45) is 5.92 Å². The third-order valence-electron chi connectivity index (χ3n) is 6.50. The molecule has 0 saturated carbocycles. The van der Waals surface area contributed by atoms with Gasteiger partial charge in [-0.15, -0.1) is 0 Å². The SMILES string of the molecule is CCOC(=O)C1CCCN(c2c(N3CCN(c4cccc(C)c4)C(C)C3)c(=O)c2=O)C1. The molecular formula is C24H31N3O4.